The van der Waals surface area contributed by atoms with E-state index in [1.54, 1.807) is 0 Å². The zero-order valence-corrected chi connectivity index (χ0v) is 17.4. The zero-order valence-electron chi connectivity index (χ0n) is 17.4. The largest absolute Gasteiger partial charge is 0.330 e. The summed E-state index contributed by atoms with van der Waals surface area (Å²) in [4.78, 5) is 0. The monoisotopic (exact) mass is 386 g/mol. The van der Waals surface area contributed by atoms with E-state index in [1.165, 1.54) is 48.8 Å². The first kappa shape index (κ1) is 21.3. The van der Waals surface area contributed by atoms with Crippen molar-refractivity contribution < 1.29 is 0 Å². The van der Waals surface area contributed by atoms with Crippen LogP contribution in [0.3, 0.4) is 0 Å². The molecule has 3 aromatic rings. The van der Waals surface area contributed by atoms with Gasteiger partial charge in [-0.05, 0) is 42.6 Å². The molecule has 0 radical (unpaired) electrons. The number of rotatable bonds is 12. The summed E-state index contributed by atoms with van der Waals surface area (Å²) in [6.07, 6.45) is 7.42. The molecule has 0 saturated carbocycles. The SMILES string of the molecule is NCCCCCCCCNC(c1ccccc1)(c1ccccc1)c1ccccc1. The van der Waals surface area contributed by atoms with Gasteiger partial charge in [-0.15, -0.1) is 0 Å². The molecule has 0 aromatic heterocycles. The van der Waals surface area contributed by atoms with Gasteiger partial charge in [0.15, 0.2) is 0 Å². The molecule has 2 nitrogen and oxygen atoms in total. The molecule has 0 heterocycles. The van der Waals surface area contributed by atoms with Crippen LogP contribution in [0.5, 0.6) is 0 Å². The van der Waals surface area contributed by atoms with Gasteiger partial charge in [0, 0.05) is 0 Å². The molecule has 0 aliphatic rings. The lowest BCUT2D eigenvalue weighted by molar-refractivity contribution is 0.454. The maximum Gasteiger partial charge on any atom is 0.0947 e. The van der Waals surface area contributed by atoms with E-state index in [4.69, 9.17) is 5.73 Å². The first-order valence-electron chi connectivity index (χ1n) is 11.0. The molecule has 3 aromatic carbocycles. The van der Waals surface area contributed by atoms with Crippen LogP contribution in [0.4, 0.5) is 0 Å². The summed E-state index contributed by atoms with van der Waals surface area (Å²) in [6, 6.07) is 32.5. The minimum Gasteiger partial charge on any atom is -0.330 e. The zero-order chi connectivity index (χ0) is 20.2. The highest BCUT2D eigenvalue weighted by molar-refractivity contribution is 5.49. The predicted molar refractivity (Wildman–Crippen MR) is 124 cm³/mol. The molecule has 2 heteroatoms. The highest BCUT2D eigenvalue weighted by Gasteiger charge is 2.35. The maximum absolute atomic E-state index is 5.59. The van der Waals surface area contributed by atoms with Crippen LogP contribution < -0.4 is 11.1 Å². The van der Waals surface area contributed by atoms with Gasteiger partial charge in [-0.25, -0.2) is 0 Å². The quantitative estimate of drug-likeness (QED) is 0.302. The van der Waals surface area contributed by atoms with Crippen LogP contribution in [0.15, 0.2) is 91.0 Å². The van der Waals surface area contributed by atoms with Crippen molar-refractivity contribution in [3.63, 3.8) is 0 Å². The van der Waals surface area contributed by atoms with E-state index in [9.17, 15) is 0 Å². The van der Waals surface area contributed by atoms with Crippen LogP contribution in [0.25, 0.3) is 0 Å². The first-order valence-corrected chi connectivity index (χ1v) is 11.0. The van der Waals surface area contributed by atoms with Crippen LogP contribution in [0.1, 0.15) is 55.2 Å². The second-order valence-electron chi connectivity index (χ2n) is 7.68. The lowest BCUT2D eigenvalue weighted by Gasteiger charge is -2.37. The van der Waals surface area contributed by atoms with Crippen molar-refractivity contribution in [3.8, 4) is 0 Å². The Morgan fingerprint density at radius 2 is 0.897 bits per heavy atom. The second-order valence-corrected chi connectivity index (χ2v) is 7.68. The van der Waals surface area contributed by atoms with E-state index in [2.05, 4.69) is 96.3 Å². The summed E-state index contributed by atoms with van der Waals surface area (Å²) in [5, 5.41) is 3.96. The molecule has 0 saturated heterocycles. The van der Waals surface area contributed by atoms with Gasteiger partial charge in [0.05, 0.1) is 5.54 Å². The van der Waals surface area contributed by atoms with Crippen LogP contribution in [0, 0.1) is 0 Å². The second kappa shape index (κ2) is 11.5. The van der Waals surface area contributed by atoms with Gasteiger partial charge in [-0.1, -0.05) is 117 Å². The molecule has 0 aliphatic carbocycles. The summed E-state index contributed by atoms with van der Waals surface area (Å²) in [5.41, 5.74) is 9.09. The van der Waals surface area contributed by atoms with Gasteiger partial charge in [-0.3, -0.25) is 5.32 Å². The average Bonchev–Trinajstić information content (AvgIpc) is 2.80. The summed E-state index contributed by atoms with van der Waals surface area (Å²) in [7, 11) is 0. The fraction of sp³-hybridized carbons (Fsp3) is 0.333. The van der Waals surface area contributed by atoms with E-state index in [1.807, 2.05) is 0 Å². The molecular weight excluding hydrogens is 352 g/mol. The van der Waals surface area contributed by atoms with E-state index >= 15 is 0 Å². The van der Waals surface area contributed by atoms with Gasteiger partial charge in [0.25, 0.3) is 0 Å². The highest BCUT2D eigenvalue weighted by atomic mass is 15.0. The smallest absolute Gasteiger partial charge is 0.0947 e. The Kier molecular flexibility index (Phi) is 8.48. The molecule has 0 unspecified atom stereocenters. The summed E-state index contributed by atoms with van der Waals surface area (Å²) >= 11 is 0. The molecule has 152 valence electrons. The fourth-order valence-corrected chi connectivity index (χ4v) is 4.12. The van der Waals surface area contributed by atoms with Crippen LogP contribution in [0.2, 0.25) is 0 Å². The summed E-state index contributed by atoms with van der Waals surface area (Å²) in [6.45, 7) is 1.80. The topological polar surface area (TPSA) is 38.0 Å². The van der Waals surface area contributed by atoms with Gasteiger partial charge in [0.1, 0.15) is 0 Å². The third-order valence-electron chi connectivity index (χ3n) is 5.64. The van der Waals surface area contributed by atoms with E-state index in [0.29, 0.717) is 0 Å². The van der Waals surface area contributed by atoms with Crippen LogP contribution in [-0.2, 0) is 5.54 Å². The Hall–Kier alpha value is -2.42. The van der Waals surface area contributed by atoms with Crippen molar-refractivity contribution in [2.24, 2.45) is 5.73 Å². The van der Waals surface area contributed by atoms with Gasteiger partial charge >= 0.3 is 0 Å². The predicted octanol–water partition coefficient (Wildman–Crippen LogP) is 5.87. The number of hydrogen-bond acceptors (Lipinski definition) is 2. The average molecular weight is 387 g/mol. The first-order chi connectivity index (χ1) is 14.4. The van der Waals surface area contributed by atoms with Crippen LogP contribution in [-0.4, -0.2) is 13.1 Å². The molecule has 0 amide bonds. The van der Waals surface area contributed by atoms with Crippen molar-refractivity contribution >= 4 is 0 Å². The Morgan fingerprint density at radius 3 is 1.31 bits per heavy atom. The van der Waals surface area contributed by atoms with Crippen molar-refractivity contribution in [2.45, 2.75) is 44.1 Å². The normalized spacial score (nSPS) is 11.5. The third kappa shape index (κ3) is 5.56. The van der Waals surface area contributed by atoms with E-state index in [0.717, 1.165) is 19.5 Å². The van der Waals surface area contributed by atoms with Crippen molar-refractivity contribution in [1.82, 2.24) is 5.32 Å². The van der Waals surface area contributed by atoms with E-state index in [-0.39, 0.29) is 5.54 Å². The molecule has 29 heavy (non-hydrogen) atoms. The fourth-order valence-electron chi connectivity index (χ4n) is 4.12. The number of nitrogens with two attached hydrogens (primary N) is 1. The van der Waals surface area contributed by atoms with Crippen molar-refractivity contribution in [2.75, 3.05) is 13.1 Å². The molecule has 3 N–H and O–H groups in total. The Labute approximate surface area is 176 Å². The van der Waals surface area contributed by atoms with Crippen molar-refractivity contribution in [1.29, 1.82) is 0 Å². The minimum absolute atomic E-state index is 0.344. The number of hydrogen-bond donors (Lipinski definition) is 2. The molecular formula is C27H34N2. The van der Waals surface area contributed by atoms with Crippen molar-refractivity contribution in [3.05, 3.63) is 108 Å². The molecule has 0 aliphatic heterocycles. The van der Waals surface area contributed by atoms with E-state index < -0.39 is 0 Å². The molecule has 0 bridgehead atoms. The maximum atomic E-state index is 5.59. The molecule has 0 fully saturated rings. The molecule has 0 spiro atoms. The number of nitrogens with one attached hydrogen (secondary N) is 1. The Balaban J connectivity index is 1.83. The van der Waals surface area contributed by atoms with Gasteiger partial charge in [-0.2, -0.15) is 0 Å². The Morgan fingerprint density at radius 1 is 0.517 bits per heavy atom. The molecule has 0 atom stereocenters. The number of unbranched alkanes of at least 4 members (excludes halogenated alkanes) is 5. The third-order valence-corrected chi connectivity index (χ3v) is 5.64. The highest BCUT2D eigenvalue weighted by Crippen LogP contribution is 2.36. The molecule has 3 rings (SSSR count). The standard InChI is InChI=1S/C27H34N2/c28-22-14-3-1-2-4-15-23-29-27(24-16-8-5-9-17-24,25-18-10-6-11-19-25)26-20-12-7-13-21-26/h5-13,16-21,29H,1-4,14-15,22-23,28H2. The minimum atomic E-state index is -0.344. The lowest BCUT2D eigenvalue weighted by atomic mass is 9.77. The number of benzene rings is 3. The van der Waals surface area contributed by atoms with Gasteiger partial charge < -0.3 is 5.73 Å². The Bertz CT molecular complexity index is 703. The lowest BCUT2D eigenvalue weighted by Crippen LogP contribution is -2.45. The van der Waals surface area contributed by atoms with Crippen LogP contribution >= 0.6 is 0 Å². The van der Waals surface area contributed by atoms with Gasteiger partial charge in [0.2, 0.25) is 0 Å². The summed E-state index contributed by atoms with van der Waals surface area (Å²) < 4.78 is 0. The summed E-state index contributed by atoms with van der Waals surface area (Å²) in [5.74, 6) is 0.